The van der Waals surface area contributed by atoms with Crippen LogP contribution in [0.1, 0.15) is 19.8 Å². The highest BCUT2D eigenvalue weighted by Crippen LogP contribution is 2.33. The molecule has 0 unspecified atom stereocenters. The van der Waals surface area contributed by atoms with Crippen molar-refractivity contribution < 1.29 is 9.47 Å². The fraction of sp³-hybridized carbons (Fsp3) is 0.833. The van der Waals surface area contributed by atoms with Crippen LogP contribution < -0.4 is 11.1 Å². The fourth-order valence-electron chi connectivity index (χ4n) is 2.00. The zero-order valence-electron chi connectivity index (χ0n) is 10.4. The third kappa shape index (κ3) is 3.87. The summed E-state index contributed by atoms with van der Waals surface area (Å²) in [4.78, 5) is 0. The summed E-state index contributed by atoms with van der Waals surface area (Å²) in [5.74, 6) is 0. The van der Waals surface area contributed by atoms with Crippen LogP contribution in [-0.4, -0.2) is 45.1 Å². The van der Waals surface area contributed by atoms with Gasteiger partial charge in [-0.15, -0.1) is 0 Å². The van der Waals surface area contributed by atoms with E-state index in [2.05, 4.69) is 11.9 Å². The molecule has 0 heterocycles. The molecule has 0 atom stereocenters. The molecular weight excluding hydrogens is 204 g/mol. The van der Waals surface area contributed by atoms with Crippen LogP contribution in [0.5, 0.6) is 0 Å². The van der Waals surface area contributed by atoms with Gasteiger partial charge in [-0.1, -0.05) is 12.2 Å². The van der Waals surface area contributed by atoms with Crippen molar-refractivity contribution in [1.29, 1.82) is 0 Å². The zero-order valence-corrected chi connectivity index (χ0v) is 10.4. The second-order valence-electron chi connectivity index (χ2n) is 4.69. The van der Waals surface area contributed by atoms with Crippen LogP contribution in [0.25, 0.3) is 0 Å². The van der Waals surface area contributed by atoms with E-state index in [-0.39, 0.29) is 5.54 Å². The summed E-state index contributed by atoms with van der Waals surface area (Å²) in [6.07, 6.45) is 2.37. The lowest BCUT2D eigenvalue weighted by Crippen LogP contribution is -2.62. The van der Waals surface area contributed by atoms with Crippen molar-refractivity contribution in [1.82, 2.24) is 5.32 Å². The molecule has 94 valence electrons. The quantitative estimate of drug-likeness (QED) is 0.474. The van der Waals surface area contributed by atoms with Gasteiger partial charge >= 0.3 is 0 Å². The van der Waals surface area contributed by atoms with Crippen molar-refractivity contribution in [3.63, 3.8) is 0 Å². The Morgan fingerprint density at radius 1 is 1.56 bits per heavy atom. The van der Waals surface area contributed by atoms with E-state index in [4.69, 9.17) is 15.2 Å². The van der Waals surface area contributed by atoms with Gasteiger partial charge in [0.1, 0.15) is 0 Å². The molecule has 3 N–H and O–H groups in total. The average Bonchev–Trinajstić information content (AvgIpc) is 2.20. The summed E-state index contributed by atoms with van der Waals surface area (Å²) in [5.41, 5.74) is 6.90. The topological polar surface area (TPSA) is 56.5 Å². The maximum absolute atomic E-state index is 5.78. The van der Waals surface area contributed by atoms with Gasteiger partial charge in [-0.05, 0) is 19.8 Å². The molecule has 0 aliphatic heterocycles. The first kappa shape index (κ1) is 13.6. The highest BCUT2D eigenvalue weighted by Gasteiger charge is 2.42. The first-order valence-electron chi connectivity index (χ1n) is 5.82. The van der Waals surface area contributed by atoms with Crippen molar-refractivity contribution in [3.8, 4) is 0 Å². The van der Waals surface area contributed by atoms with Crippen LogP contribution >= 0.6 is 0 Å². The first-order valence-corrected chi connectivity index (χ1v) is 5.82. The molecule has 0 saturated heterocycles. The summed E-state index contributed by atoms with van der Waals surface area (Å²) in [6, 6.07) is 0. The minimum atomic E-state index is 0.0766. The van der Waals surface area contributed by atoms with Crippen molar-refractivity contribution >= 4 is 0 Å². The van der Waals surface area contributed by atoms with Gasteiger partial charge in [-0.3, -0.25) is 0 Å². The third-order valence-electron chi connectivity index (χ3n) is 3.06. The minimum absolute atomic E-state index is 0.0766. The Bertz CT molecular complexity index is 225. The predicted octanol–water partition coefficient (Wildman–Crippen LogP) is 0.675. The van der Waals surface area contributed by atoms with Crippen molar-refractivity contribution in [2.24, 2.45) is 5.73 Å². The monoisotopic (exact) mass is 228 g/mol. The molecular formula is C12H24N2O2. The third-order valence-corrected chi connectivity index (χ3v) is 3.06. The number of hydrogen-bond acceptors (Lipinski definition) is 4. The molecule has 0 radical (unpaired) electrons. The number of methoxy groups -OCH3 is 1. The molecule has 1 saturated carbocycles. The molecule has 1 aliphatic carbocycles. The van der Waals surface area contributed by atoms with E-state index >= 15 is 0 Å². The molecule has 4 heteroatoms. The summed E-state index contributed by atoms with van der Waals surface area (Å²) in [7, 11) is 1.75. The second-order valence-corrected chi connectivity index (χ2v) is 4.69. The lowest BCUT2D eigenvalue weighted by molar-refractivity contribution is -0.0287. The summed E-state index contributed by atoms with van der Waals surface area (Å²) in [5, 5.41) is 3.46. The Morgan fingerprint density at radius 3 is 2.75 bits per heavy atom. The molecule has 0 amide bonds. The number of nitrogens with two attached hydrogens (primary N) is 1. The molecule has 0 aromatic heterocycles. The molecule has 0 spiro atoms. The van der Waals surface area contributed by atoms with Crippen LogP contribution in [0.3, 0.4) is 0 Å². The van der Waals surface area contributed by atoms with E-state index in [0.29, 0.717) is 25.9 Å². The Hall–Kier alpha value is -0.420. The molecule has 1 rings (SSSR count). The number of nitrogens with one attached hydrogen (secondary N) is 1. The molecule has 0 bridgehead atoms. The lowest BCUT2D eigenvalue weighted by atomic mass is 9.74. The van der Waals surface area contributed by atoms with Gasteiger partial charge in [0, 0.05) is 25.7 Å². The highest BCUT2D eigenvalue weighted by molar-refractivity contribution is 5.02. The van der Waals surface area contributed by atoms with Crippen molar-refractivity contribution in [3.05, 3.63) is 12.2 Å². The zero-order chi connectivity index (χ0) is 12.0. The Kier molecular flexibility index (Phi) is 5.41. The number of hydrogen-bond donors (Lipinski definition) is 2. The van der Waals surface area contributed by atoms with Gasteiger partial charge in [0.15, 0.2) is 0 Å². The van der Waals surface area contributed by atoms with Crippen molar-refractivity contribution in [2.75, 3.05) is 33.4 Å². The van der Waals surface area contributed by atoms with Gasteiger partial charge in [0.05, 0.1) is 19.3 Å². The highest BCUT2D eigenvalue weighted by atomic mass is 16.5. The fourth-order valence-corrected chi connectivity index (χ4v) is 2.00. The molecule has 1 aliphatic rings. The average molecular weight is 228 g/mol. The maximum atomic E-state index is 5.78. The SMILES string of the molecule is C=C(C)COCCNC1(CN)CC(OC)C1. The van der Waals surface area contributed by atoms with Crippen LogP contribution in [0.2, 0.25) is 0 Å². The van der Waals surface area contributed by atoms with E-state index in [9.17, 15) is 0 Å². The van der Waals surface area contributed by atoms with E-state index in [1.54, 1.807) is 7.11 Å². The van der Waals surface area contributed by atoms with Gasteiger partial charge in [0.25, 0.3) is 0 Å². The first-order chi connectivity index (χ1) is 7.62. The molecule has 0 aromatic carbocycles. The van der Waals surface area contributed by atoms with E-state index in [1.807, 2.05) is 6.92 Å². The largest absolute Gasteiger partial charge is 0.381 e. The molecule has 1 fully saturated rings. The predicted molar refractivity (Wildman–Crippen MR) is 65.5 cm³/mol. The van der Waals surface area contributed by atoms with E-state index in [0.717, 1.165) is 25.0 Å². The van der Waals surface area contributed by atoms with Gasteiger partial charge in [-0.25, -0.2) is 0 Å². The smallest absolute Gasteiger partial charge is 0.0672 e. The normalized spacial score (nSPS) is 28.8. The second kappa shape index (κ2) is 6.35. The Labute approximate surface area is 98.2 Å². The Morgan fingerprint density at radius 2 is 2.25 bits per heavy atom. The maximum Gasteiger partial charge on any atom is 0.0672 e. The van der Waals surface area contributed by atoms with Crippen LogP contribution in [0.15, 0.2) is 12.2 Å². The number of ether oxygens (including phenoxy) is 2. The molecule has 16 heavy (non-hydrogen) atoms. The minimum Gasteiger partial charge on any atom is -0.381 e. The van der Waals surface area contributed by atoms with E-state index < -0.39 is 0 Å². The van der Waals surface area contributed by atoms with E-state index in [1.165, 1.54) is 0 Å². The van der Waals surface area contributed by atoms with Crippen LogP contribution in [-0.2, 0) is 9.47 Å². The number of rotatable bonds is 8. The van der Waals surface area contributed by atoms with Gasteiger partial charge < -0.3 is 20.5 Å². The summed E-state index contributed by atoms with van der Waals surface area (Å²) in [6.45, 7) is 8.58. The van der Waals surface area contributed by atoms with Crippen LogP contribution in [0, 0.1) is 0 Å². The molecule has 4 nitrogen and oxygen atoms in total. The molecule has 0 aromatic rings. The lowest BCUT2D eigenvalue weighted by Gasteiger charge is -2.47. The van der Waals surface area contributed by atoms with Gasteiger partial charge in [-0.2, -0.15) is 0 Å². The standard InChI is InChI=1S/C12H24N2O2/c1-10(2)8-16-5-4-14-12(9-13)6-11(7-12)15-3/h11,14H,1,4-9,13H2,2-3H3. The van der Waals surface area contributed by atoms with Crippen molar-refractivity contribution in [2.45, 2.75) is 31.4 Å². The summed E-state index contributed by atoms with van der Waals surface area (Å²) < 4.78 is 10.7. The van der Waals surface area contributed by atoms with Gasteiger partial charge in [0.2, 0.25) is 0 Å². The van der Waals surface area contributed by atoms with Crippen LogP contribution in [0.4, 0.5) is 0 Å². The summed E-state index contributed by atoms with van der Waals surface area (Å²) >= 11 is 0. The Balaban J connectivity index is 2.09.